The Hall–Kier alpha value is -2.10. The molecule has 0 spiro atoms. The summed E-state index contributed by atoms with van der Waals surface area (Å²) >= 11 is 0. The summed E-state index contributed by atoms with van der Waals surface area (Å²) in [6.07, 6.45) is 3.54. The monoisotopic (exact) mass is 230 g/mol. The van der Waals surface area contributed by atoms with Gasteiger partial charge in [-0.2, -0.15) is 5.10 Å². The predicted molar refractivity (Wildman–Crippen MR) is 64.7 cm³/mol. The summed E-state index contributed by atoms with van der Waals surface area (Å²) in [7, 11) is 0. The van der Waals surface area contributed by atoms with E-state index in [4.69, 9.17) is 5.11 Å². The molecule has 0 amide bonds. The standard InChI is InChI=1S/C13H14N2O2/c1-13(2,12(16)17)11-5-3-9(4-6-11)10-7-14-15-8-10/h3-8H,1-2H3,(H,14,15)(H,16,17). The molecule has 17 heavy (non-hydrogen) atoms. The van der Waals surface area contributed by atoms with Gasteiger partial charge in [0.05, 0.1) is 11.6 Å². The van der Waals surface area contributed by atoms with Crippen LogP contribution in [0.5, 0.6) is 0 Å². The molecular formula is C13H14N2O2. The van der Waals surface area contributed by atoms with E-state index in [1.165, 1.54) is 0 Å². The Morgan fingerprint density at radius 1 is 1.24 bits per heavy atom. The minimum absolute atomic E-state index is 0.789. The van der Waals surface area contributed by atoms with Gasteiger partial charge in [-0.05, 0) is 25.0 Å². The number of nitrogens with zero attached hydrogens (tertiary/aromatic N) is 1. The molecular weight excluding hydrogens is 216 g/mol. The summed E-state index contributed by atoms with van der Waals surface area (Å²) < 4.78 is 0. The molecule has 0 aliphatic rings. The van der Waals surface area contributed by atoms with Gasteiger partial charge in [0.1, 0.15) is 0 Å². The fourth-order valence-electron chi connectivity index (χ4n) is 1.61. The topological polar surface area (TPSA) is 66.0 Å². The maximum atomic E-state index is 11.1. The Morgan fingerprint density at radius 2 is 1.88 bits per heavy atom. The number of aromatic amines is 1. The average Bonchev–Trinajstić information content (AvgIpc) is 2.82. The van der Waals surface area contributed by atoms with Crippen LogP contribution in [0.1, 0.15) is 19.4 Å². The lowest BCUT2D eigenvalue weighted by atomic mass is 9.84. The van der Waals surface area contributed by atoms with Gasteiger partial charge < -0.3 is 5.11 Å². The molecule has 4 nitrogen and oxygen atoms in total. The number of rotatable bonds is 3. The molecule has 0 fully saturated rings. The summed E-state index contributed by atoms with van der Waals surface area (Å²) in [4.78, 5) is 11.1. The molecule has 0 saturated carbocycles. The maximum absolute atomic E-state index is 11.1. The van der Waals surface area contributed by atoms with Crippen molar-refractivity contribution in [3.05, 3.63) is 42.2 Å². The van der Waals surface area contributed by atoms with Crippen molar-refractivity contribution in [3.63, 3.8) is 0 Å². The van der Waals surface area contributed by atoms with Crippen LogP contribution in [0.15, 0.2) is 36.7 Å². The number of hydrogen-bond acceptors (Lipinski definition) is 2. The van der Waals surface area contributed by atoms with Crippen molar-refractivity contribution in [1.82, 2.24) is 10.2 Å². The zero-order chi connectivity index (χ0) is 12.5. The molecule has 0 bridgehead atoms. The van der Waals surface area contributed by atoms with Crippen molar-refractivity contribution >= 4 is 5.97 Å². The number of nitrogens with one attached hydrogen (secondary N) is 1. The molecule has 2 N–H and O–H groups in total. The Balaban J connectivity index is 2.34. The fourth-order valence-corrected chi connectivity index (χ4v) is 1.61. The fraction of sp³-hybridized carbons (Fsp3) is 0.231. The number of H-pyrrole nitrogens is 1. The molecule has 0 aliphatic carbocycles. The van der Waals surface area contributed by atoms with Gasteiger partial charge in [0.2, 0.25) is 0 Å². The molecule has 0 saturated heterocycles. The van der Waals surface area contributed by atoms with Crippen LogP contribution in [0.25, 0.3) is 11.1 Å². The van der Waals surface area contributed by atoms with Crippen LogP contribution in [-0.2, 0) is 10.2 Å². The first-order valence-corrected chi connectivity index (χ1v) is 5.35. The third-order valence-corrected chi connectivity index (χ3v) is 2.97. The predicted octanol–water partition coefficient (Wildman–Crippen LogP) is 2.44. The first kappa shape index (κ1) is 11.4. The second-order valence-corrected chi connectivity index (χ2v) is 4.49. The number of carboxylic acids is 1. The maximum Gasteiger partial charge on any atom is 0.313 e. The molecule has 0 atom stereocenters. The Kier molecular flexibility index (Phi) is 2.71. The van der Waals surface area contributed by atoms with E-state index in [9.17, 15) is 4.79 Å². The quantitative estimate of drug-likeness (QED) is 0.851. The van der Waals surface area contributed by atoms with Crippen molar-refractivity contribution in [2.75, 3.05) is 0 Å². The van der Waals surface area contributed by atoms with E-state index in [-0.39, 0.29) is 0 Å². The lowest BCUT2D eigenvalue weighted by molar-refractivity contribution is -0.142. The van der Waals surface area contributed by atoms with Crippen LogP contribution >= 0.6 is 0 Å². The van der Waals surface area contributed by atoms with E-state index >= 15 is 0 Å². The zero-order valence-electron chi connectivity index (χ0n) is 9.77. The van der Waals surface area contributed by atoms with Gasteiger partial charge in [0, 0.05) is 11.8 Å². The smallest absolute Gasteiger partial charge is 0.313 e. The summed E-state index contributed by atoms with van der Waals surface area (Å²) in [6, 6.07) is 7.50. The lowest BCUT2D eigenvalue weighted by Crippen LogP contribution is -2.28. The first-order chi connectivity index (χ1) is 8.01. The van der Waals surface area contributed by atoms with Crippen LogP contribution in [-0.4, -0.2) is 21.3 Å². The van der Waals surface area contributed by atoms with Gasteiger partial charge in [0.15, 0.2) is 0 Å². The highest BCUT2D eigenvalue weighted by molar-refractivity contribution is 5.80. The summed E-state index contributed by atoms with van der Waals surface area (Å²) in [5.41, 5.74) is 1.93. The largest absolute Gasteiger partial charge is 0.481 e. The number of carbonyl (C=O) groups is 1. The molecule has 1 aromatic carbocycles. The van der Waals surface area contributed by atoms with Crippen molar-refractivity contribution in [1.29, 1.82) is 0 Å². The van der Waals surface area contributed by atoms with Crippen LogP contribution in [0.3, 0.4) is 0 Å². The molecule has 1 heterocycles. The molecule has 0 unspecified atom stereocenters. The molecule has 0 aliphatic heterocycles. The highest BCUT2D eigenvalue weighted by Gasteiger charge is 2.29. The second-order valence-electron chi connectivity index (χ2n) is 4.49. The number of carboxylic acid groups (broad SMARTS) is 1. The van der Waals surface area contributed by atoms with Gasteiger partial charge >= 0.3 is 5.97 Å². The molecule has 0 radical (unpaired) electrons. The zero-order valence-corrected chi connectivity index (χ0v) is 9.77. The summed E-state index contributed by atoms with van der Waals surface area (Å²) in [5, 5.41) is 15.8. The van der Waals surface area contributed by atoms with Crippen molar-refractivity contribution < 1.29 is 9.90 Å². The van der Waals surface area contributed by atoms with E-state index in [1.54, 1.807) is 26.2 Å². The van der Waals surface area contributed by atoms with Crippen molar-refractivity contribution in [3.8, 4) is 11.1 Å². The van der Waals surface area contributed by atoms with Crippen LogP contribution in [0.2, 0.25) is 0 Å². The molecule has 88 valence electrons. The number of aliphatic carboxylic acids is 1. The molecule has 2 rings (SSSR count). The normalized spacial score (nSPS) is 11.4. The highest BCUT2D eigenvalue weighted by atomic mass is 16.4. The van der Waals surface area contributed by atoms with Crippen LogP contribution < -0.4 is 0 Å². The number of aromatic nitrogens is 2. The molecule has 1 aromatic heterocycles. The number of hydrogen-bond donors (Lipinski definition) is 2. The van der Waals surface area contributed by atoms with Gasteiger partial charge in [-0.15, -0.1) is 0 Å². The average molecular weight is 230 g/mol. The van der Waals surface area contributed by atoms with E-state index in [2.05, 4.69) is 10.2 Å². The van der Waals surface area contributed by atoms with Crippen molar-refractivity contribution in [2.24, 2.45) is 0 Å². The van der Waals surface area contributed by atoms with E-state index in [0.29, 0.717) is 0 Å². The Bertz CT molecular complexity index is 513. The second kappa shape index (κ2) is 4.05. The van der Waals surface area contributed by atoms with Crippen LogP contribution in [0.4, 0.5) is 0 Å². The van der Waals surface area contributed by atoms with Crippen molar-refractivity contribution in [2.45, 2.75) is 19.3 Å². The highest BCUT2D eigenvalue weighted by Crippen LogP contribution is 2.26. The molecule has 2 aromatic rings. The summed E-state index contributed by atoms with van der Waals surface area (Å²) in [6.45, 7) is 3.39. The van der Waals surface area contributed by atoms with Gasteiger partial charge in [-0.25, -0.2) is 0 Å². The Morgan fingerprint density at radius 3 is 2.35 bits per heavy atom. The number of benzene rings is 1. The van der Waals surface area contributed by atoms with E-state index in [0.717, 1.165) is 16.7 Å². The minimum atomic E-state index is -0.866. The third kappa shape index (κ3) is 2.06. The Labute approximate surface area is 99.3 Å². The van der Waals surface area contributed by atoms with Gasteiger partial charge in [-0.1, -0.05) is 24.3 Å². The minimum Gasteiger partial charge on any atom is -0.481 e. The first-order valence-electron chi connectivity index (χ1n) is 5.35. The van der Waals surface area contributed by atoms with Gasteiger partial charge in [0.25, 0.3) is 0 Å². The SMILES string of the molecule is CC(C)(C(=O)O)c1ccc(-c2cn[nH]c2)cc1. The lowest BCUT2D eigenvalue weighted by Gasteiger charge is -2.19. The van der Waals surface area contributed by atoms with Gasteiger partial charge in [-0.3, -0.25) is 9.89 Å². The van der Waals surface area contributed by atoms with Crippen LogP contribution in [0, 0.1) is 0 Å². The van der Waals surface area contributed by atoms with E-state index < -0.39 is 11.4 Å². The van der Waals surface area contributed by atoms with E-state index in [1.807, 2.05) is 24.3 Å². The molecule has 4 heteroatoms. The third-order valence-electron chi connectivity index (χ3n) is 2.97. The summed E-state index contributed by atoms with van der Waals surface area (Å²) in [5.74, 6) is -0.825.